The smallest absolute Gasteiger partial charge is 0.122 e. The fourth-order valence-electron chi connectivity index (χ4n) is 1.86. The van der Waals surface area contributed by atoms with Crippen molar-refractivity contribution in [3.05, 3.63) is 29.3 Å². The fourth-order valence-corrected chi connectivity index (χ4v) is 1.86. The van der Waals surface area contributed by atoms with Crippen molar-refractivity contribution in [1.29, 1.82) is 0 Å². The van der Waals surface area contributed by atoms with E-state index in [9.17, 15) is 0 Å². The number of rotatable bonds is 1. The Morgan fingerprint density at radius 3 is 3.08 bits per heavy atom. The topological polar surface area (TPSA) is 21.3 Å². The van der Waals surface area contributed by atoms with Gasteiger partial charge in [-0.1, -0.05) is 12.1 Å². The van der Waals surface area contributed by atoms with Gasteiger partial charge in [-0.15, -0.1) is 0 Å². The second-order valence-corrected chi connectivity index (χ2v) is 3.58. The van der Waals surface area contributed by atoms with Gasteiger partial charge in [0.05, 0.1) is 7.11 Å². The molecule has 70 valence electrons. The zero-order valence-electron chi connectivity index (χ0n) is 8.13. The number of nitrogens with one attached hydrogen (secondary N) is 1. The predicted molar refractivity (Wildman–Crippen MR) is 53.0 cm³/mol. The highest BCUT2D eigenvalue weighted by Crippen LogP contribution is 2.26. The fraction of sp³-hybridized carbons (Fsp3) is 0.455. The minimum Gasteiger partial charge on any atom is -0.496 e. The second kappa shape index (κ2) is 3.38. The first-order chi connectivity index (χ1) is 6.31. The molecule has 1 atom stereocenters. The summed E-state index contributed by atoms with van der Waals surface area (Å²) >= 11 is 0. The van der Waals surface area contributed by atoms with Gasteiger partial charge in [0.15, 0.2) is 0 Å². The van der Waals surface area contributed by atoms with Gasteiger partial charge in [-0.2, -0.15) is 0 Å². The van der Waals surface area contributed by atoms with Crippen LogP contribution in [0, 0.1) is 0 Å². The maximum absolute atomic E-state index is 5.33. The maximum Gasteiger partial charge on any atom is 0.122 e. The molecule has 1 N–H and O–H groups in total. The Labute approximate surface area is 78.9 Å². The highest BCUT2D eigenvalue weighted by Gasteiger charge is 2.17. The number of hydrogen-bond acceptors (Lipinski definition) is 2. The first-order valence-electron chi connectivity index (χ1n) is 4.69. The molecule has 0 saturated carbocycles. The molecule has 1 aliphatic rings. The molecule has 0 amide bonds. The minimum absolute atomic E-state index is 0.559. The van der Waals surface area contributed by atoms with Crippen molar-refractivity contribution in [2.75, 3.05) is 7.11 Å². The molecule has 0 saturated heterocycles. The van der Waals surface area contributed by atoms with E-state index in [4.69, 9.17) is 4.74 Å². The molecule has 2 rings (SSSR count). The molecule has 0 aromatic heterocycles. The summed E-state index contributed by atoms with van der Waals surface area (Å²) in [4.78, 5) is 0. The summed E-state index contributed by atoms with van der Waals surface area (Å²) in [5.41, 5.74) is 2.74. The van der Waals surface area contributed by atoms with Crippen LogP contribution in [-0.4, -0.2) is 13.2 Å². The van der Waals surface area contributed by atoms with Gasteiger partial charge in [0, 0.05) is 18.2 Å². The molecule has 1 aromatic rings. The van der Waals surface area contributed by atoms with Crippen LogP contribution in [0.1, 0.15) is 18.1 Å². The Balaban J connectivity index is 2.41. The molecule has 0 aliphatic carbocycles. The lowest BCUT2D eigenvalue weighted by molar-refractivity contribution is 0.399. The third-order valence-electron chi connectivity index (χ3n) is 2.60. The zero-order chi connectivity index (χ0) is 9.26. The van der Waals surface area contributed by atoms with Crippen LogP contribution in [0.3, 0.4) is 0 Å². The summed E-state index contributed by atoms with van der Waals surface area (Å²) in [6, 6.07) is 6.81. The highest BCUT2D eigenvalue weighted by molar-refractivity contribution is 5.42. The van der Waals surface area contributed by atoms with E-state index in [-0.39, 0.29) is 0 Å². The lowest BCUT2D eigenvalue weighted by atomic mass is 9.96. The van der Waals surface area contributed by atoms with Crippen molar-refractivity contribution in [2.45, 2.75) is 25.9 Å². The number of fused-ring (bicyclic) bond motifs is 1. The predicted octanol–water partition coefficient (Wildman–Crippen LogP) is 1.73. The van der Waals surface area contributed by atoms with Gasteiger partial charge >= 0.3 is 0 Å². The van der Waals surface area contributed by atoms with E-state index < -0.39 is 0 Å². The van der Waals surface area contributed by atoms with E-state index >= 15 is 0 Å². The molecule has 0 spiro atoms. The molecule has 0 radical (unpaired) electrons. The molecule has 0 fully saturated rings. The zero-order valence-corrected chi connectivity index (χ0v) is 8.13. The third kappa shape index (κ3) is 1.54. The van der Waals surface area contributed by atoms with Gasteiger partial charge in [-0.25, -0.2) is 0 Å². The van der Waals surface area contributed by atoms with Gasteiger partial charge in [-0.3, -0.25) is 0 Å². The maximum atomic E-state index is 5.33. The Kier molecular flexibility index (Phi) is 2.23. The summed E-state index contributed by atoms with van der Waals surface area (Å²) in [7, 11) is 1.74. The molecule has 1 aliphatic heterocycles. The van der Waals surface area contributed by atoms with E-state index in [1.807, 2.05) is 6.07 Å². The van der Waals surface area contributed by atoms with Gasteiger partial charge in [0.2, 0.25) is 0 Å². The van der Waals surface area contributed by atoms with Crippen molar-refractivity contribution >= 4 is 0 Å². The van der Waals surface area contributed by atoms with E-state index in [1.165, 1.54) is 11.1 Å². The van der Waals surface area contributed by atoms with Crippen LogP contribution in [0.2, 0.25) is 0 Å². The van der Waals surface area contributed by atoms with Crippen LogP contribution in [0.4, 0.5) is 0 Å². The molecule has 1 aromatic carbocycles. The SMILES string of the molecule is COc1cccc2c1CC(C)NC2. The lowest BCUT2D eigenvalue weighted by Gasteiger charge is -2.24. The number of methoxy groups -OCH3 is 1. The summed E-state index contributed by atoms with van der Waals surface area (Å²) in [5.74, 6) is 1.03. The Bertz CT molecular complexity index is 295. The Morgan fingerprint density at radius 1 is 1.46 bits per heavy atom. The highest BCUT2D eigenvalue weighted by atomic mass is 16.5. The van der Waals surface area contributed by atoms with Crippen molar-refractivity contribution in [3.63, 3.8) is 0 Å². The molecule has 2 heteroatoms. The molecule has 0 bridgehead atoms. The summed E-state index contributed by atoms with van der Waals surface area (Å²) < 4.78 is 5.33. The first kappa shape index (κ1) is 8.57. The van der Waals surface area contributed by atoms with Crippen LogP contribution in [0.25, 0.3) is 0 Å². The van der Waals surface area contributed by atoms with Gasteiger partial charge in [-0.05, 0) is 25.0 Å². The first-order valence-corrected chi connectivity index (χ1v) is 4.69. The largest absolute Gasteiger partial charge is 0.496 e. The Morgan fingerprint density at radius 2 is 2.31 bits per heavy atom. The molecule has 2 nitrogen and oxygen atoms in total. The average Bonchev–Trinajstić information content (AvgIpc) is 2.17. The number of hydrogen-bond donors (Lipinski definition) is 1. The van der Waals surface area contributed by atoms with Crippen LogP contribution in [0.5, 0.6) is 5.75 Å². The number of benzene rings is 1. The van der Waals surface area contributed by atoms with Gasteiger partial charge < -0.3 is 10.1 Å². The van der Waals surface area contributed by atoms with E-state index in [1.54, 1.807) is 7.11 Å². The monoisotopic (exact) mass is 177 g/mol. The normalized spacial score (nSPS) is 20.9. The van der Waals surface area contributed by atoms with E-state index in [0.29, 0.717) is 6.04 Å². The summed E-state index contributed by atoms with van der Waals surface area (Å²) in [5, 5.41) is 3.43. The van der Waals surface area contributed by atoms with E-state index in [2.05, 4.69) is 24.4 Å². The summed E-state index contributed by atoms with van der Waals surface area (Å²) in [6.07, 6.45) is 1.07. The quantitative estimate of drug-likeness (QED) is 0.705. The minimum atomic E-state index is 0.559. The van der Waals surface area contributed by atoms with Crippen molar-refractivity contribution < 1.29 is 4.74 Å². The molecule has 13 heavy (non-hydrogen) atoms. The third-order valence-corrected chi connectivity index (χ3v) is 2.60. The van der Waals surface area contributed by atoms with Gasteiger partial charge in [0.1, 0.15) is 5.75 Å². The van der Waals surface area contributed by atoms with E-state index in [0.717, 1.165) is 18.7 Å². The van der Waals surface area contributed by atoms with Crippen LogP contribution >= 0.6 is 0 Å². The van der Waals surface area contributed by atoms with Crippen molar-refractivity contribution in [1.82, 2.24) is 5.32 Å². The van der Waals surface area contributed by atoms with Crippen molar-refractivity contribution in [3.8, 4) is 5.75 Å². The number of ether oxygens (including phenoxy) is 1. The Hall–Kier alpha value is -1.02. The molecular weight excluding hydrogens is 162 g/mol. The average molecular weight is 177 g/mol. The van der Waals surface area contributed by atoms with Gasteiger partial charge in [0.25, 0.3) is 0 Å². The van der Waals surface area contributed by atoms with Crippen LogP contribution < -0.4 is 10.1 Å². The second-order valence-electron chi connectivity index (χ2n) is 3.58. The molecular formula is C11H15NO. The van der Waals surface area contributed by atoms with Crippen molar-refractivity contribution in [2.24, 2.45) is 0 Å². The summed E-state index contributed by atoms with van der Waals surface area (Å²) in [6.45, 7) is 3.17. The molecule has 1 heterocycles. The lowest BCUT2D eigenvalue weighted by Crippen LogP contribution is -2.32. The van der Waals surface area contributed by atoms with Crippen LogP contribution in [0.15, 0.2) is 18.2 Å². The molecule has 1 unspecified atom stereocenters. The standard InChI is InChI=1S/C11H15NO/c1-8-6-10-9(7-12-8)4-3-5-11(10)13-2/h3-5,8,12H,6-7H2,1-2H3. The van der Waals surface area contributed by atoms with Crippen LogP contribution in [-0.2, 0) is 13.0 Å².